The maximum Gasteiger partial charge on any atom is 0.143 e. The second-order valence-electron chi connectivity index (χ2n) is 6.95. The van der Waals surface area contributed by atoms with Crippen molar-refractivity contribution in [1.29, 1.82) is 0 Å². The van der Waals surface area contributed by atoms with Crippen molar-refractivity contribution in [3.8, 4) is 0 Å². The topological polar surface area (TPSA) is 49.7 Å². The summed E-state index contributed by atoms with van der Waals surface area (Å²) in [5.41, 5.74) is 1.93. The fraction of sp³-hybridized carbons (Fsp3) is 0.200. The van der Waals surface area contributed by atoms with Crippen molar-refractivity contribution in [2.75, 3.05) is 6.61 Å². The van der Waals surface area contributed by atoms with Crippen LogP contribution in [-0.4, -0.2) is 29.0 Å². The first-order chi connectivity index (χ1) is 14.5. The van der Waals surface area contributed by atoms with E-state index in [9.17, 15) is 10.2 Å². The Morgan fingerprint density at radius 2 is 1.13 bits per heavy atom. The van der Waals surface area contributed by atoms with Gasteiger partial charge in [-0.15, -0.1) is 0 Å². The Morgan fingerprint density at radius 1 is 0.733 bits per heavy atom. The molecule has 0 amide bonds. The third-order valence-corrected chi connectivity index (χ3v) is 5.62. The van der Waals surface area contributed by atoms with E-state index in [4.69, 9.17) is 4.74 Å². The highest BCUT2D eigenvalue weighted by Gasteiger charge is 2.38. The van der Waals surface area contributed by atoms with Gasteiger partial charge in [0.2, 0.25) is 0 Å². The second-order valence-corrected chi connectivity index (χ2v) is 9.73. The van der Waals surface area contributed by atoms with Crippen molar-refractivity contribution < 1.29 is 14.9 Å². The lowest BCUT2D eigenvalue weighted by molar-refractivity contribution is -0.0772. The molecule has 5 heteroatoms. The molecule has 0 radical (unpaired) electrons. The number of ether oxygens (including phenoxy) is 1. The summed E-state index contributed by atoms with van der Waals surface area (Å²) in [4.78, 5) is 0. The first kappa shape index (κ1) is 22.9. The molecule has 2 N–H and O–H groups in total. The summed E-state index contributed by atoms with van der Waals surface area (Å²) in [6.45, 7) is -0.0341. The lowest BCUT2D eigenvalue weighted by Gasteiger charge is -2.37. The number of halogens is 2. The Morgan fingerprint density at radius 3 is 1.50 bits per heavy atom. The van der Waals surface area contributed by atoms with E-state index < -0.39 is 17.8 Å². The third kappa shape index (κ3) is 5.48. The van der Waals surface area contributed by atoms with Crippen molar-refractivity contribution in [3.63, 3.8) is 0 Å². The Labute approximate surface area is 194 Å². The Kier molecular flexibility index (Phi) is 8.42. The molecule has 2 atom stereocenters. The van der Waals surface area contributed by atoms with Gasteiger partial charge in [0.05, 0.1) is 16.1 Å². The summed E-state index contributed by atoms with van der Waals surface area (Å²) in [7, 11) is 0. The molecule has 0 saturated heterocycles. The van der Waals surface area contributed by atoms with E-state index in [-0.39, 0.29) is 6.61 Å². The van der Waals surface area contributed by atoms with Crippen molar-refractivity contribution in [2.24, 2.45) is 0 Å². The zero-order valence-electron chi connectivity index (χ0n) is 16.4. The van der Waals surface area contributed by atoms with Crippen LogP contribution in [0.15, 0.2) is 100 Å². The maximum atomic E-state index is 10.6. The first-order valence-electron chi connectivity index (χ1n) is 9.72. The van der Waals surface area contributed by atoms with E-state index in [1.807, 2.05) is 91.0 Å². The van der Waals surface area contributed by atoms with Gasteiger partial charge in [-0.25, -0.2) is 0 Å². The van der Waals surface area contributed by atoms with Crippen LogP contribution in [-0.2, 0) is 10.3 Å². The summed E-state index contributed by atoms with van der Waals surface area (Å²) in [5.74, 6) is 0. The number of hydrogen-bond acceptors (Lipinski definition) is 3. The van der Waals surface area contributed by atoms with Gasteiger partial charge in [0.25, 0.3) is 0 Å². The highest BCUT2D eigenvalue weighted by atomic mass is 79.9. The number of benzene rings is 3. The summed E-state index contributed by atoms with van der Waals surface area (Å²) in [6, 6.07) is 29.9. The van der Waals surface area contributed by atoms with Gasteiger partial charge in [0.15, 0.2) is 0 Å². The molecule has 156 valence electrons. The Bertz CT molecular complexity index is 830. The molecular weight excluding hydrogens is 508 g/mol. The zero-order chi connectivity index (χ0) is 21.4. The van der Waals surface area contributed by atoms with Crippen LogP contribution < -0.4 is 0 Å². The maximum absolute atomic E-state index is 10.6. The molecule has 0 aliphatic heterocycles. The molecular formula is C25H24Br2O3. The van der Waals surface area contributed by atoms with Gasteiger partial charge in [-0.3, -0.25) is 0 Å². The SMILES string of the molecule is O[C@H](COC(c1ccccc1)(c1ccccc1)c1ccccc1)[C@@H](O)CC=C(Br)Br. The average Bonchev–Trinajstić information content (AvgIpc) is 2.80. The molecule has 0 aliphatic carbocycles. The molecule has 3 rings (SSSR count). The third-order valence-electron chi connectivity index (χ3n) is 4.97. The van der Waals surface area contributed by atoms with Crippen molar-refractivity contribution in [1.82, 2.24) is 0 Å². The van der Waals surface area contributed by atoms with Crippen LogP contribution in [0.2, 0.25) is 0 Å². The summed E-state index contributed by atoms with van der Waals surface area (Å²) < 4.78 is 7.25. The summed E-state index contributed by atoms with van der Waals surface area (Å²) in [5, 5.41) is 21.0. The highest BCUT2D eigenvalue weighted by Crippen LogP contribution is 2.40. The number of aliphatic hydroxyl groups excluding tert-OH is 2. The van der Waals surface area contributed by atoms with Gasteiger partial charge in [0, 0.05) is 0 Å². The predicted octanol–water partition coefficient (Wildman–Crippen LogP) is 5.74. The minimum Gasteiger partial charge on any atom is -0.390 e. The molecule has 0 bridgehead atoms. The van der Waals surface area contributed by atoms with E-state index in [2.05, 4.69) is 31.9 Å². The molecule has 0 unspecified atom stereocenters. The molecule has 30 heavy (non-hydrogen) atoms. The van der Waals surface area contributed by atoms with Crippen LogP contribution in [0, 0.1) is 0 Å². The second kappa shape index (κ2) is 11.0. The van der Waals surface area contributed by atoms with Crippen LogP contribution in [0.5, 0.6) is 0 Å². The molecule has 0 spiro atoms. The molecule has 0 saturated carbocycles. The van der Waals surface area contributed by atoms with Crippen LogP contribution in [0.25, 0.3) is 0 Å². The van der Waals surface area contributed by atoms with Gasteiger partial charge in [0.1, 0.15) is 11.7 Å². The number of rotatable bonds is 9. The zero-order valence-corrected chi connectivity index (χ0v) is 19.5. The van der Waals surface area contributed by atoms with E-state index in [0.29, 0.717) is 6.42 Å². The normalized spacial score (nSPS) is 13.5. The lowest BCUT2D eigenvalue weighted by atomic mass is 9.80. The van der Waals surface area contributed by atoms with Gasteiger partial charge in [-0.1, -0.05) is 97.1 Å². The van der Waals surface area contributed by atoms with Crippen LogP contribution in [0.3, 0.4) is 0 Å². The quantitative estimate of drug-likeness (QED) is 0.346. The van der Waals surface area contributed by atoms with Crippen molar-refractivity contribution in [3.05, 3.63) is 117 Å². The minimum atomic E-state index is -1.05. The smallest absolute Gasteiger partial charge is 0.143 e. The van der Waals surface area contributed by atoms with E-state index in [1.54, 1.807) is 6.08 Å². The average molecular weight is 532 g/mol. The molecule has 3 aromatic rings. The van der Waals surface area contributed by atoms with Crippen LogP contribution in [0.1, 0.15) is 23.1 Å². The van der Waals surface area contributed by atoms with Gasteiger partial charge >= 0.3 is 0 Å². The minimum absolute atomic E-state index is 0.0341. The molecule has 0 aromatic heterocycles. The lowest BCUT2D eigenvalue weighted by Crippen LogP contribution is -2.39. The fourth-order valence-electron chi connectivity index (χ4n) is 3.46. The fourth-order valence-corrected chi connectivity index (χ4v) is 3.83. The molecule has 0 aliphatic rings. The standard InChI is InChI=1S/C25H24Br2O3/c26-24(27)17-16-22(28)23(29)18-30-25(19-10-4-1-5-11-19,20-12-6-2-7-13-20)21-14-8-3-9-15-21/h1-15,17,22-23,28-29H,16,18H2/t22-,23+/m0/s1. The van der Waals surface area contributed by atoms with Crippen LogP contribution >= 0.6 is 31.9 Å². The highest BCUT2D eigenvalue weighted by molar-refractivity contribution is 9.28. The van der Waals surface area contributed by atoms with Crippen LogP contribution in [0.4, 0.5) is 0 Å². The summed E-state index contributed by atoms with van der Waals surface area (Å²) in [6.07, 6.45) is 0.0594. The van der Waals surface area contributed by atoms with Crippen molar-refractivity contribution in [2.45, 2.75) is 24.2 Å². The van der Waals surface area contributed by atoms with Crippen molar-refractivity contribution >= 4 is 31.9 Å². The molecule has 3 nitrogen and oxygen atoms in total. The van der Waals surface area contributed by atoms with E-state index >= 15 is 0 Å². The van der Waals surface area contributed by atoms with Gasteiger partial charge < -0.3 is 14.9 Å². The Hall–Kier alpha value is -1.76. The molecule has 0 heterocycles. The van der Waals surface area contributed by atoms with Gasteiger partial charge in [-0.05, 0) is 55.0 Å². The van der Waals surface area contributed by atoms with E-state index in [0.717, 1.165) is 20.1 Å². The largest absolute Gasteiger partial charge is 0.390 e. The van der Waals surface area contributed by atoms with Gasteiger partial charge in [-0.2, -0.15) is 0 Å². The predicted molar refractivity (Wildman–Crippen MR) is 128 cm³/mol. The molecule has 3 aromatic carbocycles. The Balaban J connectivity index is 2.02. The first-order valence-corrected chi connectivity index (χ1v) is 11.3. The molecule has 0 fully saturated rings. The summed E-state index contributed by atoms with van der Waals surface area (Å²) >= 11 is 6.54. The number of aliphatic hydroxyl groups is 2. The number of hydrogen-bond donors (Lipinski definition) is 2. The van der Waals surface area contributed by atoms with E-state index in [1.165, 1.54) is 0 Å². The monoisotopic (exact) mass is 530 g/mol.